The van der Waals surface area contributed by atoms with Crippen molar-refractivity contribution in [1.29, 1.82) is 0 Å². The minimum Gasteiger partial charge on any atom is -0.452 e. The molecule has 74 valence electrons. The van der Waals surface area contributed by atoms with Gasteiger partial charge in [-0.1, -0.05) is 29.8 Å². The molecule has 0 bridgehead atoms. The van der Waals surface area contributed by atoms with Crippen LogP contribution in [-0.2, 0) is 4.74 Å². The van der Waals surface area contributed by atoms with Gasteiger partial charge >= 0.3 is 6.09 Å². The predicted octanol–water partition coefficient (Wildman–Crippen LogP) is 2.03. The van der Waals surface area contributed by atoms with Crippen molar-refractivity contribution in [3.05, 3.63) is 34.9 Å². The van der Waals surface area contributed by atoms with Crippen LogP contribution in [0.1, 0.15) is 5.56 Å². The van der Waals surface area contributed by atoms with Crippen LogP contribution in [0.15, 0.2) is 29.4 Å². The van der Waals surface area contributed by atoms with E-state index >= 15 is 0 Å². The summed E-state index contributed by atoms with van der Waals surface area (Å²) in [5.74, 6) is 0. The molecule has 1 aromatic rings. The molecule has 0 radical (unpaired) electrons. The number of nitrogens with zero attached hydrogens (tertiary/aromatic N) is 1. The van der Waals surface area contributed by atoms with Crippen LogP contribution in [0.25, 0.3) is 0 Å². The summed E-state index contributed by atoms with van der Waals surface area (Å²) in [5, 5.41) is 4.21. The van der Waals surface area contributed by atoms with Crippen molar-refractivity contribution in [2.24, 2.45) is 5.10 Å². The molecule has 0 heterocycles. The Morgan fingerprint density at radius 1 is 1.57 bits per heavy atom. The van der Waals surface area contributed by atoms with Crippen LogP contribution >= 0.6 is 11.6 Å². The van der Waals surface area contributed by atoms with Gasteiger partial charge in [-0.2, -0.15) is 5.10 Å². The number of rotatable bonds is 2. The lowest BCUT2D eigenvalue weighted by molar-refractivity contribution is 0.171. The van der Waals surface area contributed by atoms with Gasteiger partial charge in [-0.3, -0.25) is 0 Å². The van der Waals surface area contributed by atoms with Gasteiger partial charge < -0.3 is 4.74 Å². The molecule has 0 saturated heterocycles. The van der Waals surface area contributed by atoms with Crippen molar-refractivity contribution in [2.45, 2.75) is 0 Å². The second kappa shape index (κ2) is 5.24. The number of carbonyl (C=O) groups is 1. The largest absolute Gasteiger partial charge is 0.452 e. The van der Waals surface area contributed by atoms with E-state index in [9.17, 15) is 4.79 Å². The van der Waals surface area contributed by atoms with Crippen molar-refractivity contribution >= 4 is 23.9 Å². The lowest BCUT2D eigenvalue weighted by Crippen LogP contribution is -2.16. The minimum absolute atomic E-state index is 0.572. The standard InChI is InChI=1S/C9H9ClN2O2/c1-14-9(13)12-11-6-7-4-2-3-5-8(7)10/h2-6H,1H3,(H,12,13)/b11-6+. The Bertz CT molecular complexity index is 352. The Labute approximate surface area is 86.5 Å². The molecule has 5 heteroatoms. The van der Waals surface area contributed by atoms with E-state index in [2.05, 4.69) is 15.3 Å². The van der Waals surface area contributed by atoms with E-state index in [-0.39, 0.29) is 0 Å². The fourth-order valence-electron chi connectivity index (χ4n) is 0.780. The Hall–Kier alpha value is -1.55. The number of methoxy groups -OCH3 is 1. The third-order valence-electron chi connectivity index (χ3n) is 1.45. The number of halogens is 1. The maximum Gasteiger partial charge on any atom is 0.427 e. The summed E-state index contributed by atoms with van der Waals surface area (Å²) in [6, 6.07) is 7.16. The quantitative estimate of drug-likeness (QED) is 0.603. The summed E-state index contributed by atoms with van der Waals surface area (Å²) in [6.07, 6.45) is 0.826. The van der Waals surface area contributed by atoms with Crippen LogP contribution in [0.4, 0.5) is 4.79 Å². The third-order valence-corrected chi connectivity index (χ3v) is 1.79. The SMILES string of the molecule is COC(=O)N/N=C/c1ccccc1Cl. The summed E-state index contributed by atoms with van der Waals surface area (Å²) < 4.78 is 4.32. The molecule has 1 aromatic carbocycles. The number of hydrogen-bond donors (Lipinski definition) is 1. The van der Waals surface area contributed by atoms with Crippen LogP contribution in [0.2, 0.25) is 5.02 Å². The summed E-state index contributed by atoms with van der Waals surface area (Å²) in [6.45, 7) is 0. The molecule has 0 spiro atoms. The first-order valence-corrected chi connectivity index (χ1v) is 4.23. The van der Waals surface area contributed by atoms with Gasteiger partial charge in [-0.25, -0.2) is 10.2 Å². The molecule has 14 heavy (non-hydrogen) atoms. The topological polar surface area (TPSA) is 50.7 Å². The fraction of sp³-hybridized carbons (Fsp3) is 0.111. The first-order valence-electron chi connectivity index (χ1n) is 3.85. The van der Waals surface area contributed by atoms with Gasteiger partial charge in [0.25, 0.3) is 0 Å². The molecular weight excluding hydrogens is 204 g/mol. The summed E-state index contributed by atoms with van der Waals surface area (Å²) in [5.41, 5.74) is 2.89. The van der Waals surface area contributed by atoms with E-state index in [0.717, 1.165) is 5.56 Å². The van der Waals surface area contributed by atoms with Crippen LogP contribution in [0, 0.1) is 0 Å². The van der Waals surface area contributed by atoms with E-state index in [0.29, 0.717) is 5.02 Å². The highest BCUT2D eigenvalue weighted by Gasteiger charge is 1.95. The average molecular weight is 213 g/mol. The molecule has 0 saturated carbocycles. The molecule has 1 rings (SSSR count). The Morgan fingerprint density at radius 2 is 2.29 bits per heavy atom. The third kappa shape index (κ3) is 3.06. The van der Waals surface area contributed by atoms with Crippen molar-refractivity contribution in [3.8, 4) is 0 Å². The number of benzene rings is 1. The normalized spacial score (nSPS) is 10.1. The zero-order chi connectivity index (χ0) is 10.4. The Balaban J connectivity index is 2.60. The first-order chi connectivity index (χ1) is 6.74. The number of hydrazone groups is 1. The predicted molar refractivity (Wildman–Crippen MR) is 54.6 cm³/mol. The maximum absolute atomic E-state index is 10.6. The molecule has 0 aromatic heterocycles. The van der Waals surface area contributed by atoms with Crippen molar-refractivity contribution < 1.29 is 9.53 Å². The Kier molecular flexibility index (Phi) is 3.94. The van der Waals surface area contributed by atoms with E-state index in [4.69, 9.17) is 11.6 Å². The molecule has 0 aliphatic heterocycles. The molecule has 0 aliphatic carbocycles. The van der Waals surface area contributed by atoms with E-state index in [1.54, 1.807) is 12.1 Å². The molecule has 1 amide bonds. The van der Waals surface area contributed by atoms with Gasteiger partial charge in [0, 0.05) is 10.6 Å². The van der Waals surface area contributed by atoms with Gasteiger partial charge in [0.15, 0.2) is 0 Å². The molecule has 0 unspecified atom stereocenters. The van der Waals surface area contributed by atoms with Gasteiger partial charge in [0.05, 0.1) is 13.3 Å². The number of nitrogens with one attached hydrogen (secondary N) is 1. The van der Waals surface area contributed by atoms with Crippen LogP contribution in [0.5, 0.6) is 0 Å². The first kappa shape index (κ1) is 10.5. The average Bonchev–Trinajstić information content (AvgIpc) is 2.20. The van der Waals surface area contributed by atoms with E-state index in [1.165, 1.54) is 13.3 Å². The van der Waals surface area contributed by atoms with Crippen molar-refractivity contribution in [1.82, 2.24) is 5.43 Å². The number of amides is 1. The molecule has 0 aliphatic rings. The summed E-state index contributed by atoms with van der Waals surface area (Å²) in [7, 11) is 1.26. The van der Waals surface area contributed by atoms with Crippen molar-refractivity contribution in [2.75, 3.05) is 7.11 Å². The number of carbonyl (C=O) groups excluding carboxylic acids is 1. The molecule has 0 fully saturated rings. The fourth-order valence-corrected chi connectivity index (χ4v) is 0.964. The summed E-state index contributed by atoms with van der Waals surface area (Å²) in [4.78, 5) is 10.6. The number of ether oxygens (including phenoxy) is 1. The Morgan fingerprint density at radius 3 is 2.93 bits per heavy atom. The van der Waals surface area contributed by atoms with Gasteiger partial charge in [0.1, 0.15) is 0 Å². The second-order valence-electron chi connectivity index (χ2n) is 2.38. The zero-order valence-electron chi connectivity index (χ0n) is 7.53. The van der Waals surface area contributed by atoms with Gasteiger partial charge in [-0.15, -0.1) is 0 Å². The van der Waals surface area contributed by atoms with Gasteiger partial charge in [-0.05, 0) is 6.07 Å². The van der Waals surface area contributed by atoms with E-state index in [1.807, 2.05) is 12.1 Å². The highest BCUT2D eigenvalue weighted by Crippen LogP contribution is 2.11. The second-order valence-corrected chi connectivity index (χ2v) is 2.79. The van der Waals surface area contributed by atoms with Crippen LogP contribution in [0.3, 0.4) is 0 Å². The zero-order valence-corrected chi connectivity index (χ0v) is 8.28. The number of hydrogen-bond acceptors (Lipinski definition) is 3. The monoisotopic (exact) mass is 212 g/mol. The smallest absolute Gasteiger partial charge is 0.427 e. The lowest BCUT2D eigenvalue weighted by atomic mass is 10.2. The highest BCUT2D eigenvalue weighted by atomic mass is 35.5. The highest BCUT2D eigenvalue weighted by molar-refractivity contribution is 6.33. The van der Waals surface area contributed by atoms with Gasteiger partial charge in [0.2, 0.25) is 0 Å². The molecule has 0 atom stereocenters. The van der Waals surface area contributed by atoms with Crippen LogP contribution in [-0.4, -0.2) is 19.4 Å². The van der Waals surface area contributed by atoms with Crippen molar-refractivity contribution in [3.63, 3.8) is 0 Å². The van der Waals surface area contributed by atoms with Crippen LogP contribution < -0.4 is 5.43 Å². The molecule has 1 N–H and O–H groups in total. The molecule has 4 nitrogen and oxygen atoms in total. The summed E-state index contributed by atoms with van der Waals surface area (Å²) >= 11 is 5.84. The van der Waals surface area contributed by atoms with E-state index < -0.39 is 6.09 Å². The maximum atomic E-state index is 10.6. The molecular formula is C9H9ClN2O2. The minimum atomic E-state index is -0.617. The lowest BCUT2D eigenvalue weighted by Gasteiger charge is -1.97.